The van der Waals surface area contributed by atoms with E-state index in [-0.39, 0.29) is 0 Å². The quantitative estimate of drug-likeness (QED) is 0.576. The fraction of sp³-hybridized carbons (Fsp3) is 1.00. The Bertz CT molecular complexity index is 164. The van der Waals surface area contributed by atoms with E-state index in [0.717, 1.165) is 11.8 Å². The highest BCUT2D eigenvalue weighted by atomic mass is 15.1. The molecule has 0 atom stereocenters. The molecule has 0 heterocycles. The van der Waals surface area contributed by atoms with Gasteiger partial charge in [0.2, 0.25) is 0 Å². The number of hydrogen-bond acceptors (Lipinski definition) is 2. The lowest BCUT2D eigenvalue weighted by molar-refractivity contribution is 0.262. The predicted molar refractivity (Wildman–Crippen MR) is 71.8 cm³/mol. The van der Waals surface area contributed by atoms with Gasteiger partial charge in [-0.25, -0.2) is 0 Å². The normalized spacial score (nSPS) is 16.3. The van der Waals surface area contributed by atoms with Gasteiger partial charge in [0.25, 0.3) is 0 Å². The summed E-state index contributed by atoms with van der Waals surface area (Å²) < 4.78 is 0. The van der Waals surface area contributed by atoms with Gasteiger partial charge in [0, 0.05) is 19.6 Å². The van der Waals surface area contributed by atoms with Gasteiger partial charge >= 0.3 is 0 Å². The van der Waals surface area contributed by atoms with E-state index >= 15 is 0 Å². The molecular formula is C14H30N2. The molecule has 0 amide bonds. The molecule has 0 saturated heterocycles. The highest BCUT2D eigenvalue weighted by Crippen LogP contribution is 2.29. The van der Waals surface area contributed by atoms with Gasteiger partial charge in [-0.05, 0) is 50.6 Å². The van der Waals surface area contributed by atoms with Crippen molar-refractivity contribution in [3.8, 4) is 0 Å². The van der Waals surface area contributed by atoms with E-state index in [1.54, 1.807) is 0 Å². The van der Waals surface area contributed by atoms with Crippen molar-refractivity contribution in [2.45, 2.75) is 46.5 Å². The lowest BCUT2D eigenvalue weighted by Gasteiger charge is -2.21. The van der Waals surface area contributed by atoms with Gasteiger partial charge in [-0.2, -0.15) is 0 Å². The molecule has 0 bridgehead atoms. The van der Waals surface area contributed by atoms with E-state index in [0.29, 0.717) is 0 Å². The van der Waals surface area contributed by atoms with Gasteiger partial charge in [0.05, 0.1) is 0 Å². The zero-order valence-corrected chi connectivity index (χ0v) is 11.5. The molecule has 0 aromatic carbocycles. The third-order valence-electron chi connectivity index (χ3n) is 3.26. The Morgan fingerprint density at radius 2 is 1.94 bits per heavy atom. The summed E-state index contributed by atoms with van der Waals surface area (Å²) in [4.78, 5) is 2.64. The maximum Gasteiger partial charge on any atom is 0.0107 e. The van der Waals surface area contributed by atoms with Crippen molar-refractivity contribution >= 4 is 0 Å². The molecule has 0 unspecified atom stereocenters. The number of hydrogen-bond donors (Lipinski definition) is 1. The van der Waals surface area contributed by atoms with Crippen molar-refractivity contribution in [1.29, 1.82) is 0 Å². The SMILES string of the molecule is CCCN(CCNCCC(C)C)CC1CC1. The molecule has 96 valence electrons. The number of rotatable bonds is 10. The first-order valence-electron chi connectivity index (χ1n) is 7.15. The molecule has 0 radical (unpaired) electrons. The summed E-state index contributed by atoms with van der Waals surface area (Å²) in [6.07, 6.45) is 5.54. The van der Waals surface area contributed by atoms with E-state index in [1.807, 2.05) is 0 Å². The second kappa shape index (κ2) is 8.08. The topological polar surface area (TPSA) is 15.3 Å². The lowest BCUT2D eigenvalue weighted by atomic mass is 10.1. The molecule has 1 rings (SSSR count). The van der Waals surface area contributed by atoms with Crippen LogP contribution in [0.4, 0.5) is 0 Å². The van der Waals surface area contributed by atoms with E-state index in [2.05, 4.69) is 31.0 Å². The summed E-state index contributed by atoms with van der Waals surface area (Å²) in [6, 6.07) is 0. The highest BCUT2D eigenvalue weighted by Gasteiger charge is 2.23. The number of nitrogens with one attached hydrogen (secondary N) is 1. The van der Waals surface area contributed by atoms with Crippen LogP contribution >= 0.6 is 0 Å². The van der Waals surface area contributed by atoms with Gasteiger partial charge in [0.15, 0.2) is 0 Å². The fourth-order valence-corrected chi connectivity index (χ4v) is 2.03. The summed E-state index contributed by atoms with van der Waals surface area (Å²) in [6.45, 7) is 13.1. The summed E-state index contributed by atoms with van der Waals surface area (Å²) in [5.41, 5.74) is 0. The molecule has 0 spiro atoms. The van der Waals surface area contributed by atoms with E-state index in [4.69, 9.17) is 0 Å². The fourth-order valence-electron chi connectivity index (χ4n) is 2.03. The Morgan fingerprint density at radius 1 is 1.19 bits per heavy atom. The van der Waals surface area contributed by atoms with E-state index in [1.165, 1.54) is 58.4 Å². The van der Waals surface area contributed by atoms with Crippen LogP contribution < -0.4 is 5.32 Å². The van der Waals surface area contributed by atoms with Crippen LogP contribution in [0.5, 0.6) is 0 Å². The van der Waals surface area contributed by atoms with Crippen molar-refractivity contribution in [1.82, 2.24) is 10.2 Å². The van der Waals surface area contributed by atoms with Gasteiger partial charge < -0.3 is 10.2 Å². The van der Waals surface area contributed by atoms with Crippen LogP contribution in [0.15, 0.2) is 0 Å². The highest BCUT2D eigenvalue weighted by molar-refractivity contribution is 4.77. The molecule has 1 aliphatic rings. The zero-order valence-electron chi connectivity index (χ0n) is 11.5. The Labute approximate surface area is 102 Å². The summed E-state index contributed by atoms with van der Waals surface area (Å²) in [5.74, 6) is 1.85. The molecule has 16 heavy (non-hydrogen) atoms. The monoisotopic (exact) mass is 226 g/mol. The molecule has 1 fully saturated rings. The summed E-state index contributed by atoms with van der Waals surface area (Å²) >= 11 is 0. The average Bonchev–Trinajstić information content (AvgIpc) is 3.01. The first kappa shape index (κ1) is 14.0. The Hall–Kier alpha value is -0.0800. The molecule has 0 aromatic rings. The Kier molecular flexibility index (Phi) is 7.06. The average molecular weight is 226 g/mol. The maximum atomic E-state index is 3.56. The van der Waals surface area contributed by atoms with Crippen LogP contribution in [0.25, 0.3) is 0 Å². The van der Waals surface area contributed by atoms with Gasteiger partial charge in [-0.1, -0.05) is 20.8 Å². The molecule has 2 heteroatoms. The van der Waals surface area contributed by atoms with Crippen LogP contribution in [0.2, 0.25) is 0 Å². The van der Waals surface area contributed by atoms with Crippen molar-refractivity contribution < 1.29 is 0 Å². The summed E-state index contributed by atoms with van der Waals surface area (Å²) in [7, 11) is 0. The second-order valence-corrected chi connectivity index (χ2v) is 5.68. The second-order valence-electron chi connectivity index (χ2n) is 5.68. The Balaban J connectivity index is 1.97. The largest absolute Gasteiger partial charge is 0.315 e. The van der Waals surface area contributed by atoms with E-state index in [9.17, 15) is 0 Å². The van der Waals surface area contributed by atoms with Crippen LogP contribution in [-0.2, 0) is 0 Å². The van der Waals surface area contributed by atoms with Crippen LogP contribution in [0.1, 0.15) is 46.5 Å². The molecule has 1 aliphatic carbocycles. The minimum absolute atomic E-state index is 0.825. The van der Waals surface area contributed by atoms with Crippen molar-refractivity contribution in [2.75, 3.05) is 32.7 Å². The number of nitrogens with zero attached hydrogens (tertiary/aromatic N) is 1. The molecule has 0 aliphatic heterocycles. The molecule has 2 nitrogen and oxygen atoms in total. The van der Waals surface area contributed by atoms with Crippen LogP contribution in [-0.4, -0.2) is 37.6 Å². The zero-order chi connectivity index (χ0) is 11.8. The summed E-state index contributed by atoms with van der Waals surface area (Å²) in [5, 5.41) is 3.56. The first-order valence-corrected chi connectivity index (χ1v) is 7.15. The standard InChI is InChI=1S/C14H30N2/c1-4-10-16(12-14-5-6-14)11-9-15-8-7-13(2)3/h13-15H,4-12H2,1-3H3. The van der Waals surface area contributed by atoms with E-state index < -0.39 is 0 Å². The van der Waals surface area contributed by atoms with Crippen molar-refractivity contribution in [2.24, 2.45) is 11.8 Å². The predicted octanol–water partition coefficient (Wildman–Crippen LogP) is 2.74. The van der Waals surface area contributed by atoms with Gasteiger partial charge in [-0.15, -0.1) is 0 Å². The lowest BCUT2D eigenvalue weighted by Crippen LogP contribution is -2.34. The minimum atomic E-state index is 0.825. The molecule has 1 saturated carbocycles. The van der Waals surface area contributed by atoms with Gasteiger partial charge in [0.1, 0.15) is 0 Å². The van der Waals surface area contributed by atoms with Gasteiger partial charge in [-0.3, -0.25) is 0 Å². The Morgan fingerprint density at radius 3 is 2.50 bits per heavy atom. The minimum Gasteiger partial charge on any atom is -0.315 e. The van der Waals surface area contributed by atoms with Crippen molar-refractivity contribution in [3.63, 3.8) is 0 Å². The first-order chi connectivity index (χ1) is 7.72. The van der Waals surface area contributed by atoms with Crippen LogP contribution in [0.3, 0.4) is 0 Å². The maximum absolute atomic E-state index is 3.56. The van der Waals surface area contributed by atoms with Crippen LogP contribution in [0, 0.1) is 11.8 Å². The van der Waals surface area contributed by atoms with Crippen molar-refractivity contribution in [3.05, 3.63) is 0 Å². The smallest absolute Gasteiger partial charge is 0.0107 e. The molecule has 0 aromatic heterocycles. The molecule has 1 N–H and O–H groups in total. The molecular weight excluding hydrogens is 196 g/mol. The third-order valence-corrected chi connectivity index (χ3v) is 3.26. The third kappa shape index (κ3) is 7.24.